The topological polar surface area (TPSA) is 26.2 Å². The molecule has 0 saturated carbocycles. The lowest BCUT2D eigenvalue weighted by Crippen LogP contribution is -2.10. The molecular formula is C106H72N6. The van der Waals surface area contributed by atoms with E-state index < -0.39 is 0 Å². The molecule has 0 amide bonds. The highest BCUT2D eigenvalue weighted by atomic mass is 15.1. The van der Waals surface area contributed by atoms with Crippen LogP contribution in [-0.2, 0) is 0 Å². The zero-order valence-corrected chi connectivity index (χ0v) is 61.3. The van der Waals surface area contributed by atoms with Crippen LogP contribution in [0.2, 0.25) is 0 Å². The van der Waals surface area contributed by atoms with Crippen LogP contribution in [0.25, 0.3) is 154 Å². The van der Waals surface area contributed by atoms with Crippen LogP contribution in [-0.4, -0.2) is 18.3 Å². The average Bonchev–Trinajstić information content (AvgIpc) is 1.57. The first-order valence-corrected chi connectivity index (χ1v) is 38.4. The standard InChI is InChI=1S/C54H37N3.C52H35N3/c1-4-17-38(18-5-1)40-33-41(35-46(34-40)55(42-19-6-2-7-20-42)43-21-8-3-9-22-43)39-31-32-54-50(36-39)49-27-12-15-30-53(49)57(54)45-24-16-23-44(37-45)56-51-28-13-10-25-47(51)48-26-11-14-29-52(48)56;1-2-18-39(19-3-1)53(48-30-13-16-36-15-4-5-23-43(36)48)40-20-12-17-37(33-40)38-31-32-52-47(34-38)46-26-8-11-29-51(46)55(52)42-22-14-21-41(35-42)54-49-27-9-6-24-44(49)45-25-7-10-28-50(45)54/h1-37H;1-35H. The maximum Gasteiger partial charge on any atom is 0.0541 e. The van der Waals surface area contributed by atoms with Crippen LogP contribution in [0, 0.1) is 0 Å². The van der Waals surface area contributed by atoms with E-state index in [-0.39, 0.29) is 0 Å². The second-order valence-corrected chi connectivity index (χ2v) is 28.8. The van der Waals surface area contributed by atoms with Crippen LogP contribution in [0.5, 0.6) is 0 Å². The summed E-state index contributed by atoms with van der Waals surface area (Å²) in [6.07, 6.45) is 0. The smallest absolute Gasteiger partial charge is 0.0541 e. The first-order valence-electron chi connectivity index (χ1n) is 38.4. The summed E-state index contributed by atoms with van der Waals surface area (Å²) < 4.78 is 9.62. The number of hydrogen-bond donors (Lipinski definition) is 0. The maximum absolute atomic E-state index is 2.42. The minimum Gasteiger partial charge on any atom is -0.310 e. The molecule has 0 aliphatic rings. The molecule has 18 aromatic carbocycles. The number of hydrogen-bond acceptors (Lipinski definition) is 2. The Morgan fingerprint density at radius 1 is 0.143 bits per heavy atom. The van der Waals surface area contributed by atoms with Gasteiger partial charge in [0, 0.05) is 99.7 Å². The fourth-order valence-electron chi connectivity index (χ4n) is 17.3. The molecule has 6 heteroatoms. The Kier molecular flexibility index (Phi) is 16.1. The van der Waals surface area contributed by atoms with E-state index >= 15 is 0 Å². The minimum atomic E-state index is 1.10. The van der Waals surface area contributed by atoms with Crippen molar-refractivity contribution in [3.63, 3.8) is 0 Å². The Balaban J connectivity index is 0.000000142. The van der Waals surface area contributed by atoms with Gasteiger partial charge in [-0.1, -0.05) is 267 Å². The molecule has 0 unspecified atom stereocenters. The molecule has 0 atom stereocenters. The van der Waals surface area contributed by atoms with Gasteiger partial charge in [-0.2, -0.15) is 0 Å². The number of aromatic nitrogens is 4. The summed E-state index contributed by atoms with van der Waals surface area (Å²) in [5.41, 5.74) is 27.9. The van der Waals surface area contributed by atoms with Gasteiger partial charge < -0.3 is 28.1 Å². The number of anilines is 6. The zero-order chi connectivity index (χ0) is 74.0. The summed E-state index contributed by atoms with van der Waals surface area (Å²) in [5.74, 6) is 0. The Morgan fingerprint density at radius 3 is 0.866 bits per heavy atom. The Labute approximate surface area is 648 Å². The highest BCUT2D eigenvalue weighted by Crippen LogP contribution is 2.46. The van der Waals surface area contributed by atoms with Crippen molar-refractivity contribution in [3.05, 3.63) is 437 Å². The molecule has 4 heterocycles. The first-order chi connectivity index (χ1) is 55.6. The molecule has 4 aromatic heterocycles. The van der Waals surface area contributed by atoms with E-state index in [9.17, 15) is 0 Å². The highest BCUT2D eigenvalue weighted by molar-refractivity contribution is 6.14. The van der Waals surface area contributed by atoms with E-state index in [1.165, 1.54) is 126 Å². The second-order valence-electron chi connectivity index (χ2n) is 28.8. The van der Waals surface area contributed by atoms with Gasteiger partial charge in [-0.05, 0) is 209 Å². The molecule has 0 fully saturated rings. The van der Waals surface area contributed by atoms with Crippen LogP contribution < -0.4 is 9.80 Å². The zero-order valence-electron chi connectivity index (χ0n) is 61.3. The lowest BCUT2D eigenvalue weighted by Gasteiger charge is -2.27. The number of fused-ring (bicyclic) bond motifs is 13. The van der Waals surface area contributed by atoms with Gasteiger partial charge in [0.05, 0.1) is 49.8 Å². The summed E-state index contributed by atoms with van der Waals surface area (Å²) in [7, 11) is 0. The van der Waals surface area contributed by atoms with E-state index in [4.69, 9.17) is 0 Å². The Bertz CT molecular complexity index is 7180. The van der Waals surface area contributed by atoms with Gasteiger partial charge in [-0.3, -0.25) is 0 Å². The summed E-state index contributed by atoms with van der Waals surface area (Å²) in [6, 6.07) is 158. The van der Waals surface area contributed by atoms with Crippen LogP contribution in [0.15, 0.2) is 437 Å². The van der Waals surface area contributed by atoms with Gasteiger partial charge in [-0.15, -0.1) is 0 Å². The van der Waals surface area contributed by atoms with Crippen molar-refractivity contribution < 1.29 is 0 Å². The van der Waals surface area contributed by atoms with E-state index in [2.05, 4.69) is 465 Å². The van der Waals surface area contributed by atoms with Gasteiger partial charge >= 0.3 is 0 Å². The molecule has 112 heavy (non-hydrogen) atoms. The van der Waals surface area contributed by atoms with Gasteiger partial charge in [0.1, 0.15) is 0 Å². The van der Waals surface area contributed by atoms with E-state index in [1.807, 2.05) is 0 Å². The van der Waals surface area contributed by atoms with Crippen molar-refractivity contribution in [2.45, 2.75) is 0 Å². The average molecular weight is 1430 g/mol. The van der Waals surface area contributed by atoms with Crippen molar-refractivity contribution in [2.75, 3.05) is 9.80 Å². The number of rotatable bonds is 13. The molecule has 0 aliphatic heterocycles. The SMILES string of the molecule is c1ccc(-c2cc(-c3ccc4c(c3)c3ccccc3n4-c3cccc(-n4c5ccccc5c5ccccc54)c3)cc(N(c3ccccc3)c3ccccc3)c2)cc1.c1ccc(N(c2cccc(-c3ccc4c(c3)c3ccccc3n4-c3cccc(-n4c5ccccc5c5ccccc54)c3)c2)c2cccc3ccccc23)cc1. The predicted octanol–water partition coefficient (Wildman–Crippen LogP) is 28.9. The van der Waals surface area contributed by atoms with Gasteiger partial charge in [0.15, 0.2) is 0 Å². The van der Waals surface area contributed by atoms with Crippen molar-refractivity contribution in [1.82, 2.24) is 18.3 Å². The van der Waals surface area contributed by atoms with Crippen LogP contribution in [0.3, 0.4) is 0 Å². The molecule has 0 radical (unpaired) electrons. The molecule has 0 N–H and O–H groups in total. The normalized spacial score (nSPS) is 11.6. The summed E-state index contributed by atoms with van der Waals surface area (Å²) in [5, 5.41) is 12.4. The number of para-hydroxylation sites is 9. The summed E-state index contributed by atoms with van der Waals surface area (Å²) in [4.78, 5) is 4.73. The van der Waals surface area contributed by atoms with Gasteiger partial charge in [0.25, 0.3) is 0 Å². The van der Waals surface area contributed by atoms with E-state index in [0.29, 0.717) is 0 Å². The fraction of sp³-hybridized carbons (Fsp3) is 0. The summed E-state index contributed by atoms with van der Waals surface area (Å²) >= 11 is 0. The molecular weight excluding hydrogens is 1360 g/mol. The highest BCUT2D eigenvalue weighted by Gasteiger charge is 2.23. The predicted molar refractivity (Wildman–Crippen MR) is 473 cm³/mol. The van der Waals surface area contributed by atoms with Gasteiger partial charge in [-0.25, -0.2) is 0 Å². The lowest BCUT2D eigenvalue weighted by atomic mass is 9.96. The van der Waals surface area contributed by atoms with Crippen molar-refractivity contribution >= 4 is 132 Å². The van der Waals surface area contributed by atoms with Crippen LogP contribution in [0.4, 0.5) is 34.1 Å². The third-order valence-corrected chi connectivity index (χ3v) is 22.3. The Hall–Kier alpha value is -15.0. The largest absolute Gasteiger partial charge is 0.310 e. The molecule has 526 valence electrons. The first kappa shape index (κ1) is 65.3. The van der Waals surface area contributed by atoms with Crippen molar-refractivity contribution in [1.29, 1.82) is 0 Å². The number of nitrogens with zero attached hydrogens (tertiary/aromatic N) is 6. The molecule has 22 rings (SSSR count). The second kappa shape index (κ2) is 27.7. The Morgan fingerprint density at radius 2 is 0.429 bits per heavy atom. The third-order valence-electron chi connectivity index (χ3n) is 22.3. The molecule has 0 spiro atoms. The monoisotopic (exact) mass is 1430 g/mol. The third kappa shape index (κ3) is 11.4. The van der Waals surface area contributed by atoms with E-state index in [1.54, 1.807) is 0 Å². The van der Waals surface area contributed by atoms with Crippen molar-refractivity contribution in [2.24, 2.45) is 0 Å². The van der Waals surface area contributed by atoms with Crippen molar-refractivity contribution in [3.8, 4) is 56.1 Å². The van der Waals surface area contributed by atoms with Gasteiger partial charge in [0.2, 0.25) is 0 Å². The minimum absolute atomic E-state index is 1.10. The number of benzene rings is 18. The quantitative estimate of drug-likeness (QED) is 0.115. The molecule has 0 saturated heterocycles. The fourth-order valence-corrected chi connectivity index (χ4v) is 17.3. The summed E-state index contributed by atoms with van der Waals surface area (Å²) in [6.45, 7) is 0. The maximum atomic E-state index is 2.42. The van der Waals surface area contributed by atoms with Crippen LogP contribution in [0.1, 0.15) is 0 Å². The molecule has 0 aliphatic carbocycles. The molecule has 22 aromatic rings. The lowest BCUT2D eigenvalue weighted by molar-refractivity contribution is 1.13. The molecule has 0 bridgehead atoms. The van der Waals surface area contributed by atoms with Crippen LogP contribution >= 0.6 is 0 Å². The molecule has 6 nitrogen and oxygen atoms in total. The van der Waals surface area contributed by atoms with E-state index in [0.717, 1.165) is 62.4 Å².